The van der Waals surface area contributed by atoms with Crippen LogP contribution >= 0.6 is 27.3 Å². The molecule has 98 valence electrons. The Kier molecular flexibility index (Phi) is 4.44. The van der Waals surface area contributed by atoms with Gasteiger partial charge in [-0.1, -0.05) is 12.1 Å². The van der Waals surface area contributed by atoms with E-state index in [1.54, 1.807) is 13.0 Å². The Morgan fingerprint density at radius 1 is 1.32 bits per heavy atom. The zero-order chi connectivity index (χ0) is 13.8. The number of thiophene rings is 1. The quantitative estimate of drug-likeness (QED) is 0.670. The van der Waals surface area contributed by atoms with Gasteiger partial charge in [0.1, 0.15) is 5.82 Å². The summed E-state index contributed by atoms with van der Waals surface area (Å²) in [5.74, 6) is -1.13. The molecule has 0 aliphatic carbocycles. The Hall–Kier alpha value is -1.53. The van der Waals surface area contributed by atoms with Crippen molar-refractivity contribution in [2.24, 2.45) is 5.10 Å². The van der Waals surface area contributed by atoms with Gasteiger partial charge in [-0.05, 0) is 47.1 Å². The molecule has 1 aromatic carbocycles. The number of rotatable bonds is 3. The first-order chi connectivity index (χ1) is 9.08. The van der Waals surface area contributed by atoms with Crippen molar-refractivity contribution in [1.82, 2.24) is 5.43 Å². The fourth-order valence-electron chi connectivity index (χ4n) is 1.40. The van der Waals surface area contributed by atoms with E-state index in [0.717, 1.165) is 8.66 Å². The van der Waals surface area contributed by atoms with Crippen molar-refractivity contribution in [3.8, 4) is 0 Å². The number of benzene rings is 1. The van der Waals surface area contributed by atoms with Crippen molar-refractivity contribution in [3.05, 3.63) is 56.4 Å². The van der Waals surface area contributed by atoms with Crippen LogP contribution in [0.1, 0.15) is 22.2 Å². The minimum atomic E-state index is -0.563. The van der Waals surface area contributed by atoms with Crippen LogP contribution in [0.2, 0.25) is 0 Å². The molecule has 0 aliphatic rings. The molecule has 6 heteroatoms. The summed E-state index contributed by atoms with van der Waals surface area (Å²) < 4.78 is 14.4. The molecule has 2 aromatic rings. The predicted molar refractivity (Wildman–Crippen MR) is 78.1 cm³/mol. The molecule has 0 radical (unpaired) electrons. The average Bonchev–Trinajstić information content (AvgIpc) is 2.83. The topological polar surface area (TPSA) is 41.5 Å². The van der Waals surface area contributed by atoms with Crippen molar-refractivity contribution in [2.45, 2.75) is 6.92 Å². The highest BCUT2D eigenvalue weighted by molar-refractivity contribution is 9.11. The molecule has 0 aliphatic heterocycles. The Morgan fingerprint density at radius 3 is 2.68 bits per heavy atom. The molecule has 2 rings (SSSR count). The number of amides is 1. The highest BCUT2D eigenvalue weighted by Crippen LogP contribution is 2.22. The number of carbonyl (C=O) groups excluding carboxylic acids is 1. The Labute approximate surface area is 122 Å². The number of hydrazone groups is 1. The maximum absolute atomic E-state index is 13.4. The SMILES string of the molecule is C/C(=N\NC(=O)c1ccccc1F)c1ccc(Br)s1. The molecule has 0 saturated carbocycles. The van der Waals surface area contributed by atoms with E-state index in [0.29, 0.717) is 5.71 Å². The van der Waals surface area contributed by atoms with Gasteiger partial charge in [0, 0.05) is 0 Å². The van der Waals surface area contributed by atoms with Crippen molar-refractivity contribution in [1.29, 1.82) is 0 Å². The van der Waals surface area contributed by atoms with Gasteiger partial charge in [0.2, 0.25) is 0 Å². The standard InChI is InChI=1S/C13H10BrFN2OS/c1-8(11-6-7-12(14)19-11)16-17-13(18)9-4-2-3-5-10(9)15/h2-7H,1H3,(H,17,18)/b16-8+. The fraction of sp³-hybridized carbons (Fsp3) is 0.0769. The van der Waals surface area contributed by atoms with Crippen LogP contribution in [-0.2, 0) is 0 Å². The Bertz CT molecular complexity index is 639. The second-order valence-corrected chi connectivity index (χ2v) is 6.18. The lowest BCUT2D eigenvalue weighted by Gasteiger charge is -2.02. The highest BCUT2D eigenvalue weighted by atomic mass is 79.9. The molecular formula is C13H10BrFN2OS. The summed E-state index contributed by atoms with van der Waals surface area (Å²) in [5.41, 5.74) is 2.99. The number of halogens is 2. The lowest BCUT2D eigenvalue weighted by atomic mass is 10.2. The molecular weight excluding hydrogens is 331 g/mol. The van der Waals surface area contributed by atoms with Crippen molar-refractivity contribution < 1.29 is 9.18 Å². The maximum atomic E-state index is 13.4. The van der Waals surface area contributed by atoms with Crippen LogP contribution in [0.4, 0.5) is 4.39 Å². The normalized spacial score (nSPS) is 11.4. The minimum Gasteiger partial charge on any atom is -0.267 e. The summed E-state index contributed by atoms with van der Waals surface area (Å²) in [7, 11) is 0. The lowest BCUT2D eigenvalue weighted by molar-refractivity contribution is 0.0951. The molecule has 0 saturated heterocycles. The lowest BCUT2D eigenvalue weighted by Crippen LogP contribution is -2.20. The van der Waals surface area contributed by atoms with E-state index in [1.165, 1.54) is 29.5 Å². The van der Waals surface area contributed by atoms with Crippen LogP contribution in [0, 0.1) is 5.82 Å². The summed E-state index contributed by atoms with van der Waals surface area (Å²) in [6.45, 7) is 1.78. The highest BCUT2D eigenvalue weighted by Gasteiger charge is 2.10. The second kappa shape index (κ2) is 6.08. The van der Waals surface area contributed by atoms with Crippen LogP contribution in [0.5, 0.6) is 0 Å². The van der Waals surface area contributed by atoms with Gasteiger partial charge < -0.3 is 0 Å². The number of nitrogens with zero attached hydrogens (tertiary/aromatic N) is 1. The summed E-state index contributed by atoms with van der Waals surface area (Å²) in [6.07, 6.45) is 0. The van der Waals surface area contributed by atoms with Gasteiger partial charge in [0.05, 0.1) is 19.9 Å². The summed E-state index contributed by atoms with van der Waals surface area (Å²) in [4.78, 5) is 12.7. The maximum Gasteiger partial charge on any atom is 0.274 e. The zero-order valence-electron chi connectivity index (χ0n) is 9.98. The number of nitrogens with one attached hydrogen (secondary N) is 1. The van der Waals surface area contributed by atoms with Crippen LogP contribution in [0.15, 0.2) is 45.3 Å². The smallest absolute Gasteiger partial charge is 0.267 e. The third-order valence-electron chi connectivity index (χ3n) is 2.37. The molecule has 0 bridgehead atoms. The van der Waals surface area contributed by atoms with E-state index in [9.17, 15) is 9.18 Å². The largest absolute Gasteiger partial charge is 0.274 e. The fourth-order valence-corrected chi connectivity index (χ4v) is 2.73. The molecule has 19 heavy (non-hydrogen) atoms. The summed E-state index contributed by atoms with van der Waals surface area (Å²) in [6, 6.07) is 9.58. The van der Waals surface area contributed by atoms with Crippen LogP contribution in [-0.4, -0.2) is 11.6 Å². The first-order valence-corrected chi connectivity index (χ1v) is 7.04. The number of hydrogen-bond acceptors (Lipinski definition) is 3. The Morgan fingerprint density at radius 2 is 2.05 bits per heavy atom. The summed E-state index contributed by atoms with van der Waals surface area (Å²) >= 11 is 4.86. The van der Waals surface area contributed by atoms with Gasteiger partial charge in [0.25, 0.3) is 5.91 Å². The van der Waals surface area contributed by atoms with E-state index < -0.39 is 11.7 Å². The van der Waals surface area contributed by atoms with E-state index in [-0.39, 0.29) is 5.56 Å². The second-order valence-electron chi connectivity index (χ2n) is 3.72. The van der Waals surface area contributed by atoms with Gasteiger partial charge in [-0.25, -0.2) is 9.82 Å². The van der Waals surface area contributed by atoms with Crippen molar-refractivity contribution in [3.63, 3.8) is 0 Å². The predicted octanol–water partition coefficient (Wildman–Crippen LogP) is 3.80. The summed E-state index contributed by atoms with van der Waals surface area (Å²) in [5, 5.41) is 3.97. The van der Waals surface area contributed by atoms with Gasteiger partial charge in [-0.2, -0.15) is 5.10 Å². The zero-order valence-corrected chi connectivity index (χ0v) is 12.4. The van der Waals surface area contributed by atoms with E-state index in [2.05, 4.69) is 26.5 Å². The van der Waals surface area contributed by atoms with Crippen LogP contribution < -0.4 is 5.43 Å². The molecule has 3 nitrogen and oxygen atoms in total. The molecule has 1 aromatic heterocycles. The van der Waals surface area contributed by atoms with E-state index in [4.69, 9.17) is 0 Å². The van der Waals surface area contributed by atoms with Gasteiger partial charge in [-0.3, -0.25) is 4.79 Å². The first kappa shape index (κ1) is 13.9. The molecule has 0 unspecified atom stereocenters. The monoisotopic (exact) mass is 340 g/mol. The van der Waals surface area contributed by atoms with Gasteiger partial charge in [-0.15, -0.1) is 11.3 Å². The van der Waals surface area contributed by atoms with Crippen molar-refractivity contribution in [2.75, 3.05) is 0 Å². The number of carbonyl (C=O) groups is 1. The molecule has 1 amide bonds. The number of hydrogen-bond donors (Lipinski definition) is 1. The van der Waals surface area contributed by atoms with Crippen LogP contribution in [0.25, 0.3) is 0 Å². The van der Waals surface area contributed by atoms with E-state index in [1.807, 2.05) is 12.1 Å². The molecule has 0 fully saturated rings. The molecule has 1 N–H and O–H groups in total. The molecule has 0 spiro atoms. The molecule has 0 atom stereocenters. The minimum absolute atomic E-state index is 0.0218. The third-order valence-corrected chi connectivity index (χ3v) is 4.11. The van der Waals surface area contributed by atoms with Gasteiger partial charge in [0.15, 0.2) is 0 Å². The van der Waals surface area contributed by atoms with Gasteiger partial charge >= 0.3 is 0 Å². The van der Waals surface area contributed by atoms with Crippen LogP contribution in [0.3, 0.4) is 0 Å². The first-order valence-electron chi connectivity index (χ1n) is 5.43. The average molecular weight is 341 g/mol. The molecule has 1 heterocycles. The van der Waals surface area contributed by atoms with Crippen molar-refractivity contribution >= 4 is 38.9 Å². The third kappa shape index (κ3) is 3.48. The van der Waals surface area contributed by atoms with E-state index >= 15 is 0 Å². The Balaban J connectivity index is 2.10.